The van der Waals surface area contributed by atoms with E-state index in [0.29, 0.717) is 12.2 Å². The molecule has 32 heavy (non-hydrogen) atoms. The number of ether oxygens (including phenoxy) is 1. The van der Waals surface area contributed by atoms with Gasteiger partial charge in [-0.2, -0.15) is 0 Å². The van der Waals surface area contributed by atoms with Gasteiger partial charge >= 0.3 is 0 Å². The van der Waals surface area contributed by atoms with E-state index in [0.717, 1.165) is 29.8 Å². The normalized spacial score (nSPS) is 18.1. The third-order valence-corrected chi connectivity index (χ3v) is 5.73. The number of methoxy groups -OCH3 is 1. The molecule has 166 valence electrons. The van der Waals surface area contributed by atoms with E-state index < -0.39 is 5.92 Å². The van der Waals surface area contributed by atoms with Gasteiger partial charge in [-0.25, -0.2) is 4.68 Å². The number of aromatic nitrogens is 4. The lowest BCUT2D eigenvalue weighted by Crippen LogP contribution is -2.33. The average molecular weight is 435 g/mol. The quantitative estimate of drug-likeness (QED) is 0.585. The fraction of sp³-hybridized carbons (Fsp3) is 0.348. The summed E-state index contributed by atoms with van der Waals surface area (Å²) < 4.78 is 6.79. The van der Waals surface area contributed by atoms with Crippen LogP contribution >= 0.6 is 0 Å². The molecule has 0 spiro atoms. The van der Waals surface area contributed by atoms with Crippen LogP contribution in [-0.2, 0) is 9.59 Å². The molecule has 2 amide bonds. The van der Waals surface area contributed by atoms with Gasteiger partial charge in [0.2, 0.25) is 11.8 Å². The van der Waals surface area contributed by atoms with Crippen molar-refractivity contribution in [1.82, 2.24) is 25.1 Å². The van der Waals surface area contributed by atoms with Crippen molar-refractivity contribution in [1.29, 1.82) is 0 Å². The van der Waals surface area contributed by atoms with Crippen LogP contribution in [0.25, 0.3) is 5.69 Å². The minimum absolute atomic E-state index is 0.00782. The van der Waals surface area contributed by atoms with Crippen molar-refractivity contribution < 1.29 is 14.3 Å². The van der Waals surface area contributed by atoms with Crippen LogP contribution in [0, 0.1) is 5.92 Å². The van der Waals surface area contributed by atoms with Crippen LogP contribution in [0.5, 0.6) is 5.75 Å². The van der Waals surface area contributed by atoms with Crippen LogP contribution < -0.4 is 10.1 Å². The molecule has 2 unspecified atom stereocenters. The molecule has 9 heteroatoms. The van der Waals surface area contributed by atoms with Gasteiger partial charge < -0.3 is 15.0 Å². The Hall–Kier alpha value is -3.75. The van der Waals surface area contributed by atoms with Crippen molar-refractivity contribution >= 4 is 17.5 Å². The Balaban J connectivity index is 1.55. The third kappa shape index (κ3) is 4.46. The molecular formula is C23H26N6O3. The Bertz CT molecular complexity index is 1050. The highest BCUT2D eigenvalue weighted by Crippen LogP contribution is 2.39. The first-order valence-electron chi connectivity index (χ1n) is 10.7. The molecule has 1 N–H and O–H groups in total. The number of hydrogen-bond acceptors (Lipinski definition) is 6. The maximum absolute atomic E-state index is 13.2. The van der Waals surface area contributed by atoms with Crippen molar-refractivity contribution in [3.8, 4) is 11.4 Å². The fourth-order valence-corrected chi connectivity index (χ4v) is 4.04. The minimum Gasteiger partial charge on any atom is -0.497 e. The molecule has 1 aliphatic heterocycles. The summed E-state index contributed by atoms with van der Waals surface area (Å²) in [5, 5.41) is 14.1. The Morgan fingerprint density at radius 2 is 1.91 bits per heavy atom. The van der Waals surface area contributed by atoms with Gasteiger partial charge in [0.15, 0.2) is 0 Å². The molecule has 2 heterocycles. The molecule has 4 rings (SSSR count). The van der Waals surface area contributed by atoms with E-state index in [9.17, 15) is 9.59 Å². The van der Waals surface area contributed by atoms with E-state index in [1.807, 2.05) is 41.3 Å². The highest BCUT2D eigenvalue weighted by atomic mass is 16.5. The van der Waals surface area contributed by atoms with Gasteiger partial charge in [0.25, 0.3) is 0 Å². The topological polar surface area (TPSA) is 102 Å². The molecule has 1 saturated heterocycles. The SMILES string of the molecule is CCCCN1C(=O)CC(C(=O)Nc2ccc(-n3cnnn3)cc2)C1c1ccc(OC)cc1. The zero-order valence-electron chi connectivity index (χ0n) is 18.1. The molecule has 2 aromatic carbocycles. The maximum Gasteiger partial charge on any atom is 0.230 e. The first-order valence-corrected chi connectivity index (χ1v) is 10.7. The van der Waals surface area contributed by atoms with Crippen LogP contribution in [0.1, 0.15) is 37.8 Å². The molecule has 1 fully saturated rings. The predicted molar refractivity (Wildman–Crippen MR) is 118 cm³/mol. The predicted octanol–water partition coefficient (Wildman–Crippen LogP) is 3.00. The summed E-state index contributed by atoms with van der Waals surface area (Å²) in [4.78, 5) is 27.9. The van der Waals surface area contributed by atoms with Crippen LogP contribution in [0.4, 0.5) is 5.69 Å². The average Bonchev–Trinajstić information content (AvgIpc) is 3.46. The van der Waals surface area contributed by atoms with Crippen molar-refractivity contribution in [2.24, 2.45) is 5.92 Å². The molecule has 1 aromatic heterocycles. The number of likely N-dealkylation sites (tertiary alicyclic amines) is 1. The van der Waals surface area contributed by atoms with E-state index in [1.54, 1.807) is 19.2 Å². The van der Waals surface area contributed by atoms with Gasteiger partial charge in [-0.1, -0.05) is 25.5 Å². The van der Waals surface area contributed by atoms with Crippen molar-refractivity contribution in [2.75, 3.05) is 19.0 Å². The number of amides is 2. The molecule has 9 nitrogen and oxygen atoms in total. The van der Waals surface area contributed by atoms with Crippen LogP contribution in [0.15, 0.2) is 54.9 Å². The number of anilines is 1. The summed E-state index contributed by atoms with van der Waals surface area (Å²) in [7, 11) is 1.61. The first kappa shape index (κ1) is 21.5. The highest BCUT2D eigenvalue weighted by molar-refractivity contribution is 5.98. The summed E-state index contributed by atoms with van der Waals surface area (Å²) in [6.45, 7) is 2.72. The van der Waals surface area contributed by atoms with Gasteiger partial charge in [0, 0.05) is 18.7 Å². The molecule has 0 bridgehead atoms. The Kier molecular flexibility index (Phi) is 6.44. The first-order chi connectivity index (χ1) is 15.6. The van der Waals surface area contributed by atoms with E-state index >= 15 is 0 Å². The second kappa shape index (κ2) is 9.59. The van der Waals surface area contributed by atoms with Crippen molar-refractivity contribution in [3.05, 3.63) is 60.4 Å². The van der Waals surface area contributed by atoms with E-state index in [1.165, 1.54) is 11.0 Å². The number of nitrogens with one attached hydrogen (secondary N) is 1. The minimum atomic E-state index is -0.480. The number of tetrazole rings is 1. The summed E-state index contributed by atoms with van der Waals surface area (Å²) in [6, 6.07) is 14.5. The van der Waals surface area contributed by atoms with Gasteiger partial charge in [0.05, 0.1) is 24.8 Å². The number of nitrogens with zero attached hydrogens (tertiary/aromatic N) is 5. The smallest absolute Gasteiger partial charge is 0.230 e. The molecule has 3 aromatic rings. The third-order valence-electron chi connectivity index (χ3n) is 5.73. The maximum atomic E-state index is 13.2. The molecule has 2 atom stereocenters. The number of rotatable bonds is 8. The number of unbranched alkanes of at least 4 members (excludes halogenated alkanes) is 1. The zero-order chi connectivity index (χ0) is 22.5. The highest BCUT2D eigenvalue weighted by Gasteiger charge is 2.44. The summed E-state index contributed by atoms with van der Waals surface area (Å²) >= 11 is 0. The lowest BCUT2D eigenvalue weighted by molar-refractivity contribution is -0.129. The molecule has 1 aliphatic rings. The van der Waals surface area contributed by atoms with Crippen molar-refractivity contribution in [3.63, 3.8) is 0 Å². The number of hydrogen-bond donors (Lipinski definition) is 1. The molecule has 0 aliphatic carbocycles. The van der Waals surface area contributed by atoms with Crippen LogP contribution in [0.3, 0.4) is 0 Å². The number of carbonyl (C=O) groups is 2. The summed E-state index contributed by atoms with van der Waals surface area (Å²) in [5.41, 5.74) is 2.37. The molecule has 0 radical (unpaired) electrons. The number of carbonyl (C=O) groups excluding carboxylic acids is 2. The van der Waals surface area contributed by atoms with Crippen LogP contribution in [-0.4, -0.2) is 50.6 Å². The fourth-order valence-electron chi connectivity index (χ4n) is 4.04. The van der Waals surface area contributed by atoms with Gasteiger partial charge in [-0.15, -0.1) is 5.10 Å². The van der Waals surface area contributed by atoms with E-state index in [2.05, 4.69) is 27.8 Å². The monoisotopic (exact) mass is 434 g/mol. The largest absolute Gasteiger partial charge is 0.497 e. The summed E-state index contributed by atoms with van der Waals surface area (Å²) in [5.74, 6) is 0.0931. The summed E-state index contributed by atoms with van der Waals surface area (Å²) in [6.07, 6.45) is 3.56. The van der Waals surface area contributed by atoms with Crippen molar-refractivity contribution in [2.45, 2.75) is 32.2 Å². The second-order valence-corrected chi connectivity index (χ2v) is 7.76. The Morgan fingerprint density at radius 1 is 1.16 bits per heavy atom. The zero-order valence-corrected chi connectivity index (χ0v) is 18.1. The van der Waals surface area contributed by atoms with Crippen LogP contribution in [0.2, 0.25) is 0 Å². The Morgan fingerprint density at radius 3 is 2.53 bits per heavy atom. The molecular weight excluding hydrogens is 408 g/mol. The number of benzene rings is 2. The Labute approximate surface area is 186 Å². The second-order valence-electron chi connectivity index (χ2n) is 7.76. The van der Waals surface area contributed by atoms with E-state index in [-0.39, 0.29) is 24.3 Å². The lowest BCUT2D eigenvalue weighted by Gasteiger charge is -2.28. The van der Waals surface area contributed by atoms with Gasteiger partial charge in [-0.3, -0.25) is 9.59 Å². The lowest BCUT2D eigenvalue weighted by atomic mass is 9.92. The van der Waals surface area contributed by atoms with Gasteiger partial charge in [-0.05, 0) is 58.8 Å². The van der Waals surface area contributed by atoms with Gasteiger partial charge in [0.1, 0.15) is 12.1 Å². The molecule has 0 saturated carbocycles. The van der Waals surface area contributed by atoms with E-state index in [4.69, 9.17) is 4.74 Å². The standard InChI is InChI=1S/C23H26N6O3/c1-3-4-13-28-21(30)14-20(22(28)16-5-11-19(32-2)12-6-16)23(31)25-17-7-9-18(10-8-17)29-15-24-26-27-29/h5-12,15,20,22H,3-4,13-14H2,1-2H3,(H,25,31).